The van der Waals surface area contributed by atoms with Crippen molar-refractivity contribution in [2.45, 2.75) is 45.7 Å². The minimum atomic E-state index is 0. The van der Waals surface area contributed by atoms with Crippen LogP contribution < -0.4 is 10.6 Å². The summed E-state index contributed by atoms with van der Waals surface area (Å²) in [6.07, 6.45) is 2.46. The molecular formula is C16H34IN5. The Kier molecular flexibility index (Phi) is 9.01. The largest absolute Gasteiger partial charge is 0.355 e. The van der Waals surface area contributed by atoms with E-state index in [1.165, 1.54) is 45.6 Å². The average molecular weight is 423 g/mol. The van der Waals surface area contributed by atoms with Crippen LogP contribution >= 0.6 is 24.0 Å². The van der Waals surface area contributed by atoms with Crippen LogP contribution in [0.3, 0.4) is 0 Å². The Morgan fingerprint density at radius 3 is 2.32 bits per heavy atom. The molecule has 22 heavy (non-hydrogen) atoms. The number of hydrogen-bond acceptors (Lipinski definition) is 3. The van der Waals surface area contributed by atoms with Crippen LogP contribution in [0, 0.1) is 5.92 Å². The molecule has 3 aliphatic heterocycles. The Morgan fingerprint density at radius 2 is 1.82 bits per heavy atom. The zero-order valence-corrected chi connectivity index (χ0v) is 17.0. The summed E-state index contributed by atoms with van der Waals surface area (Å²) in [5.41, 5.74) is 0. The molecule has 2 bridgehead atoms. The highest BCUT2D eigenvalue weighted by Gasteiger charge is 2.31. The van der Waals surface area contributed by atoms with E-state index in [2.05, 4.69) is 46.2 Å². The number of rotatable bonds is 6. The van der Waals surface area contributed by atoms with E-state index in [4.69, 9.17) is 0 Å². The molecule has 3 aliphatic rings. The molecule has 0 saturated carbocycles. The highest BCUT2D eigenvalue weighted by Crippen LogP contribution is 2.14. The fourth-order valence-electron chi connectivity index (χ4n) is 3.22. The van der Waals surface area contributed by atoms with E-state index in [-0.39, 0.29) is 24.0 Å². The summed E-state index contributed by atoms with van der Waals surface area (Å²) >= 11 is 0. The van der Waals surface area contributed by atoms with E-state index in [1.54, 1.807) is 0 Å². The number of fused-ring (bicyclic) bond motifs is 3. The van der Waals surface area contributed by atoms with Crippen LogP contribution in [0.15, 0.2) is 4.99 Å². The van der Waals surface area contributed by atoms with Gasteiger partial charge in [-0.05, 0) is 25.7 Å². The second kappa shape index (κ2) is 9.93. The zero-order valence-electron chi connectivity index (χ0n) is 14.6. The van der Waals surface area contributed by atoms with Crippen molar-refractivity contribution in [1.82, 2.24) is 20.4 Å². The smallest absolute Gasteiger partial charge is 0.191 e. The second-order valence-electron chi connectivity index (χ2n) is 6.96. The third-order valence-electron chi connectivity index (χ3n) is 4.68. The molecule has 3 heterocycles. The topological polar surface area (TPSA) is 42.9 Å². The lowest BCUT2D eigenvalue weighted by Crippen LogP contribution is -2.64. The monoisotopic (exact) mass is 423 g/mol. The lowest BCUT2D eigenvalue weighted by Gasteiger charge is -2.47. The predicted molar refractivity (Wildman–Crippen MR) is 105 cm³/mol. The van der Waals surface area contributed by atoms with Gasteiger partial charge in [-0.15, -0.1) is 24.0 Å². The second-order valence-corrected chi connectivity index (χ2v) is 6.96. The van der Waals surface area contributed by atoms with Gasteiger partial charge in [-0.25, -0.2) is 0 Å². The van der Waals surface area contributed by atoms with Crippen LogP contribution in [0.4, 0.5) is 0 Å². The molecule has 2 N–H and O–H groups in total. The minimum absolute atomic E-state index is 0. The summed E-state index contributed by atoms with van der Waals surface area (Å²) in [4.78, 5) is 9.55. The van der Waals surface area contributed by atoms with Crippen molar-refractivity contribution in [2.24, 2.45) is 10.9 Å². The lowest BCUT2D eigenvalue weighted by atomic mass is 10.0. The number of nitrogens with one attached hydrogen (secondary N) is 2. The Balaban J connectivity index is 0.00000242. The zero-order chi connectivity index (χ0) is 15.2. The van der Waals surface area contributed by atoms with Gasteiger partial charge < -0.3 is 10.6 Å². The maximum absolute atomic E-state index is 4.36. The van der Waals surface area contributed by atoms with E-state index < -0.39 is 0 Å². The average Bonchev–Trinajstić information content (AvgIpc) is 2.50. The van der Waals surface area contributed by atoms with Crippen molar-refractivity contribution in [2.75, 3.05) is 46.3 Å². The van der Waals surface area contributed by atoms with E-state index in [1.807, 2.05) is 7.05 Å². The normalized spacial score (nSPS) is 29.1. The SMILES string of the molecule is CN=C(NCC1CN2CCN1CC2)NC(C)CCC(C)C.I. The van der Waals surface area contributed by atoms with Crippen molar-refractivity contribution >= 4 is 29.9 Å². The molecule has 0 aromatic carbocycles. The summed E-state index contributed by atoms with van der Waals surface area (Å²) in [6, 6.07) is 1.11. The molecule has 5 nitrogen and oxygen atoms in total. The van der Waals surface area contributed by atoms with Crippen molar-refractivity contribution in [1.29, 1.82) is 0 Å². The summed E-state index contributed by atoms with van der Waals surface area (Å²) in [7, 11) is 1.86. The van der Waals surface area contributed by atoms with E-state index >= 15 is 0 Å². The molecule has 0 aromatic rings. The molecular weight excluding hydrogens is 389 g/mol. The molecule has 3 fully saturated rings. The van der Waals surface area contributed by atoms with E-state index in [0.717, 1.165) is 18.4 Å². The third-order valence-corrected chi connectivity index (χ3v) is 4.68. The summed E-state index contributed by atoms with van der Waals surface area (Å²) in [6.45, 7) is 13.9. The molecule has 2 atom stereocenters. The van der Waals surface area contributed by atoms with Gasteiger partial charge in [0.2, 0.25) is 0 Å². The third kappa shape index (κ3) is 6.20. The van der Waals surface area contributed by atoms with Crippen LogP contribution in [0.25, 0.3) is 0 Å². The van der Waals surface area contributed by atoms with Gasteiger partial charge in [0.05, 0.1) is 0 Å². The van der Waals surface area contributed by atoms with E-state index in [9.17, 15) is 0 Å². The molecule has 0 aliphatic carbocycles. The molecule has 6 heteroatoms. The van der Waals surface area contributed by atoms with Crippen LogP contribution in [-0.4, -0.2) is 74.2 Å². The maximum atomic E-state index is 4.36. The fourth-order valence-corrected chi connectivity index (χ4v) is 3.22. The molecule has 0 aromatic heterocycles. The van der Waals surface area contributed by atoms with Crippen LogP contribution in [0.5, 0.6) is 0 Å². The van der Waals surface area contributed by atoms with Crippen molar-refractivity contribution < 1.29 is 0 Å². The Hall–Kier alpha value is -0.0800. The first-order valence-corrected chi connectivity index (χ1v) is 8.52. The maximum Gasteiger partial charge on any atom is 0.191 e. The van der Waals surface area contributed by atoms with E-state index in [0.29, 0.717) is 12.1 Å². The van der Waals surface area contributed by atoms with Crippen LogP contribution in [-0.2, 0) is 0 Å². The quantitative estimate of drug-likeness (QED) is 0.387. The van der Waals surface area contributed by atoms with Crippen molar-refractivity contribution in [3.63, 3.8) is 0 Å². The van der Waals surface area contributed by atoms with Crippen LogP contribution in [0.1, 0.15) is 33.6 Å². The number of halogens is 1. The first kappa shape index (κ1) is 20.0. The molecule has 3 rings (SSSR count). The Morgan fingerprint density at radius 1 is 1.14 bits per heavy atom. The number of aliphatic imine (C=N–C) groups is 1. The molecule has 3 saturated heterocycles. The summed E-state index contributed by atoms with van der Waals surface area (Å²) < 4.78 is 0. The van der Waals surface area contributed by atoms with Gasteiger partial charge in [-0.1, -0.05) is 13.8 Å². The first-order valence-electron chi connectivity index (χ1n) is 8.52. The van der Waals surface area contributed by atoms with Gasteiger partial charge in [0.15, 0.2) is 5.96 Å². The van der Waals surface area contributed by atoms with Crippen LogP contribution in [0.2, 0.25) is 0 Å². The number of piperazine rings is 3. The van der Waals surface area contributed by atoms with Gasteiger partial charge in [-0.2, -0.15) is 0 Å². The summed E-state index contributed by atoms with van der Waals surface area (Å²) in [5, 5.41) is 7.03. The first-order chi connectivity index (χ1) is 10.1. The minimum Gasteiger partial charge on any atom is -0.355 e. The Labute approximate surface area is 153 Å². The number of hydrogen-bond donors (Lipinski definition) is 2. The lowest BCUT2D eigenvalue weighted by molar-refractivity contribution is 0.0154. The van der Waals surface area contributed by atoms with Gasteiger partial charge in [0.1, 0.15) is 0 Å². The predicted octanol–water partition coefficient (Wildman–Crippen LogP) is 1.59. The number of guanidine groups is 1. The molecule has 0 spiro atoms. The highest BCUT2D eigenvalue weighted by molar-refractivity contribution is 14.0. The molecule has 0 amide bonds. The van der Waals surface area contributed by atoms with Gasteiger partial charge in [0, 0.05) is 58.4 Å². The highest BCUT2D eigenvalue weighted by atomic mass is 127. The summed E-state index contributed by atoms with van der Waals surface area (Å²) in [5.74, 6) is 1.72. The standard InChI is InChI=1S/C16H33N5.HI/c1-13(2)5-6-14(3)19-16(17-4)18-11-15-12-20-7-9-21(15)10-8-20;/h13-15H,5-12H2,1-4H3,(H2,17,18,19);1H. The van der Waals surface area contributed by atoms with Crippen molar-refractivity contribution in [3.05, 3.63) is 0 Å². The molecule has 2 unspecified atom stereocenters. The molecule has 0 radical (unpaired) electrons. The van der Waals surface area contributed by atoms with Crippen molar-refractivity contribution in [3.8, 4) is 0 Å². The van der Waals surface area contributed by atoms with Gasteiger partial charge in [-0.3, -0.25) is 14.8 Å². The fraction of sp³-hybridized carbons (Fsp3) is 0.938. The molecule has 130 valence electrons. The Bertz CT molecular complexity index is 339. The van der Waals surface area contributed by atoms with Gasteiger partial charge in [0.25, 0.3) is 0 Å². The van der Waals surface area contributed by atoms with Gasteiger partial charge >= 0.3 is 0 Å². The number of nitrogens with zero attached hydrogens (tertiary/aromatic N) is 3.